The van der Waals surface area contributed by atoms with Gasteiger partial charge in [0.2, 0.25) is 0 Å². The highest BCUT2D eigenvalue weighted by atomic mass is 16.4. The molecule has 0 heterocycles. The van der Waals surface area contributed by atoms with Crippen molar-refractivity contribution in [1.29, 1.82) is 0 Å². The monoisotopic (exact) mass is 172 g/mol. The van der Waals surface area contributed by atoms with Crippen molar-refractivity contribution in [2.45, 2.75) is 44.6 Å². The molecular weight excluding hydrogens is 156 g/mol. The molecule has 0 radical (unpaired) electrons. The van der Waals surface area contributed by atoms with Gasteiger partial charge in [-0.2, -0.15) is 0 Å². The summed E-state index contributed by atoms with van der Waals surface area (Å²) in [5.74, 6) is -0.258. The maximum absolute atomic E-state index is 10.4. The number of hydrogen-bond acceptors (Lipinski definition) is 2. The van der Waals surface area contributed by atoms with Crippen molar-refractivity contribution in [3.63, 3.8) is 0 Å². The van der Waals surface area contributed by atoms with Crippen LogP contribution in [0, 0.1) is 5.92 Å². The van der Waals surface area contributed by atoms with E-state index in [1.165, 1.54) is 0 Å². The van der Waals surface area contributed by atoms with E-state index < -0.39 is 11.6 Å². The van der Waals surface area contributed by atoms with Crippen LogP contribution in [-0.2, 0) is 4.79 Å². The van der Waals surface area contributed by atoms with Crippen LogP contribution in [0.3, 0.4) is 0 Å². The Hall–Kier alpha value is -0.570. The molecule has 1 fully saturated rings. The molecule has 70 valence electrons. The summed E-state index contributed by atoms with van der Waals surface area (Å²) >= 11 is 0. The van der Waals surface area contributed by atoms with Gasteiger partial charge in [-0.05, 0) is 31.6 Å². The van der Waals surface area contributed by atoms with Crippen LogP contribution in [0.2, 0.25) is 0 Å². The van der Waals surface area contributed by atoms with Crippen molar-refractivity contribution in [1.82, 2.24) is 0 Å². The van der Waals surface area contributed by atoms with Crippen molar-refractivity contribution < 1.29 is 15.0 Å². The molecule has 1 aliphatic carbocycles. The summed E-state index contributed by atoms with van der Waals surface area (Å²) in [5.41, 5.74) is -0.918. The Morgan fingerprint density at radius 3 is 2.42 bits per heavy atom. The summed E-state index contributed by atoms with van der Waals surface area (Å²) < 4.78 is 0. The molecular formula is C9H16O3. The van der Waals surface area contributed by atoms with Gasteiger partial charge in [-0.25, -0.2) is 0 Å². The van der Waals surface area contributed by atoms with E-state index in [0.29, 0.717) is 18.8 Å². The van der Waals surface area contributed by atoms with Gasteiger partial charge in [0, 0.05) is 0 Å². The molecule has 0 aromatic carbocycles. The fraction of sp³-hybridized carbons (Fsp3) is 0.889. The average Bonchev–Trinajstić information content (AvgIpc) is 1.94. The molecule has 12 heavy (non-hydrogen) atoms. The van der Waals surface area contributed by atoms with E-state index in [4.69, 9.17) is 5.11 Å². The first-order valence-corrected chi connectivity index (χ1v) is 4.46. The summed E-state index contributed by atoms with van der Waals surface area (Å²) in [6.07, 6.45) is 3.08. The van der Waals surface area contributed by atoms with Gasteiger partial charge in [0.25, 0.3) is 0 Å². The van der Waals surface area contributed by atoms with Gasteiger partial charge < -0.3 is 10.2 Å². The third kappa shape index (κ3) is 2.48. The zero-order chi connectivity index (χ0) is 9.19. The summed E-state index contributed by atoms with van der Waals surface area (Å²) in [7, 11) is 0. The van der Waals surface area contributed by atoms with E-state index in [1.807, 2.05) is 0 Å². The molecule has 0 unspecified atom stereocenters. The SMILES string of the molecule is CC1CCC(O)(CC(=O)O)CC1. The average molecular weight is 172 g/mol. The third-order valence-electron chi connectivity index (χ3n) is 2.69. The summed E-state index contributed by atoms with van der Waals surface area (Å²) in [6.45, 7) is 2.14. The van der Waals surface area contributed by atoms with Crippen molar-refractivity contribution in [2.75, 3.05) is 0 Å². The van der Waals surface area contributed by atoms with E-state index in [0.717, 1.165) is 12.8 Å². The van der Waals surface area contributed by atoms with Crippen molar-refractivity contribution in [3.05, 3.63) is 0 Å². The Kier molecular flexibility index (Phi) is 2.73. The second-order valence-corrected chi connectivity index (χ2v) is 3.98. The smallest absolute Gasteiger partial charge is 0.306 e. The first kappa shape index (κ1) is 9.52. The minimum Gasteiger partial charge on any atom is -0.481 e. The molecule has 3 heteroatoms. The third-order valence-corrected chi connectivity index (χ3v) is 2.69. The van der Waals surface area contributed by atoms with Gasteiger partial charge >= 0.3 is 5.97 Å². The molecule has 1 rings (SSSR count). The van der Waals surface area contributed by atoms with Crippen LogP contribution in [0.25, 0.3) is 0 Å². The first-order valence-electron chi connectivity index (χ1n) is 4.46. The standard InChI is InChI=1S/C9H16O3/c1-7-2-4-9(12,5-3-7)6-8(10)11/h7,12H,2-6H2,1H3,(H,10,11). The predicted octanol–water partition coefficient (Wildman–Crippen LogP) is 1.40. The maximum atomic E-state index is 10.4. The fourth-order valence-corrected chi connectivity index (χ4v) is 1.76. The molecule has 0 amide bonds. The van der Waals surface area contributed by atoms with E-state index in [9.17, 15) is 9.90 Å². The second-order valence-electron chi connectivity index (χ2n) is 3.98. The molecule has 1 saturated carbocycles. The van der Waals surface area contributed by atoms with Crippen molar-refractivity contribution in [3.8, 4) is 0 Å². The molecule has 2 N–H and O–H groups in total. The number of aliphatic hydroxyl groups is 1. The van der Waals surface area contributed by atoms with Crippen LogP contribution in [0.1, 0.15) is 39.0 Å². The fourth-order valence-electron chi connectivity index (χ4n) is 1.76. The highest BCUT2D eigenvalue weighted by molar-refractivity contribution is 5.68. The quantitative estimate of drug-likeness (QED) is 0.662. The Morgan fingerprint density at radius 2 is 2.00 bits per heavy atom. The molecule has 0 aliphatic heterocycles. The zero-order valence-electron chi connectivity index (χ0n) is 7.42. The lowest BCUT2D eigenvalue weighted by Gasteiger charge is -2.33. The minimum absolute atomic E-state index is 0.0975. The summed E-state index contributed by atoms with van der Waals surface area (Å²) in [6, 6.07) is 0. The number of carboxylic acids is 1. The van der Waals surface area contributed by atoms with Gasteiger partial charge in [-0.3, -0.25) is 4.79 Å². The van der Waals surface area contributed by atoms with Crippen LogP contribution >= 0.6 is 0 Å². The number of carboxylic acid groups (broad SMARTS) is 1. The Morgan fingerprint density at radius 1 is 1.50 bits per heavy atom. The number of carbonyl (C=O) groups is 1. The molecule has 0 aromatic rings. The van der Waals surface area contributed by atoms with Crippen LogP contribution in [0.4, 0.5) is 0 Å². The number of hydrogen-bond donors (Lipinski definition) is 2. The molecule has 0 spiro atoms. The van der Waals surface area contributed by atoms with Crippen molar-refractivity contribution in [2.24, 2.45) is 5.92 Å². The van der Waals surface area contributed by atoms with Gasteiger partial charge in [0.05, 0.1) is 12.0 Å². The van der Waals surface area contributed by atoms with E-state index in [1.54, 1.807) is 0 Å². The van der Waals surface area contributed by atoms with Crippen LogP contribution in [0.5, 0.6) is 0 Å². The predicted molar refractivity (Wildman–Crippen MR) is 44.8 cm³/mol. The van der Waals surface area contributed by atoms with Crippen molar-refractivity contribution >= 4 is 5.97 Å². The normalized spacial score (nSPS) is 36.3. The lowest BCUT2D eigenvalue weighted by Crippen LogP contribution is -2.35. The summed E-state index contributed by atoms with van der Waals surface area (Å²) in [4.78, 5) is 10.4. The van der Waals surface area contributed by atoms with Gasteiger partial charge in [-0.1, -0.05) is 6.92 Å². The Labute approximate surface area is 72.4 Å². The lowest BCUT2D eigenvalue weighted by molar-refractivity contribution is -0.144. The lowest BCUT2D eigenvalue weighted by atomic mass is 9.78. The molecule has 0 aromatic heterocycles. The van der Waals surface area contributed by atoms with Gasteiger partial charge in [0.1, 0.15) is 0 Å². The van der Waals surface area contributed by atoms with Crippen LogP contribution < -0.4 is 0 Å². The largest absolute Gasteiger partial charge is 0.481 e. The molecule has 0 saturated heterocycles. The maximum Gasteiger partial charge on any atom is 0.306 e. The Bertz CT molecular complexity index is 169. The highest BCUT2D eigenvalue weighted by Gasteiger charge is 2.33. The van der Waals surface area contributed by atoms with Gasteiger partial charge in [0.15, 0.2) is 0 Å². The second kappa shape index (κ2) is 3.44. The molecule has 0 atom stereocenters. The molecule has 0 bridgehead atoms. The van der Waals surface area contributed by atoms with Crippen LogP contribution in [-0.4, -0.2) is 21.8 Å². The topological polar surface area (TPSA) is 57.5 Å². The number of rotatable bonds is 2. The first-order chi connectivity index (χ1) is 5.52. The van der Waals surface area contributed by atoms with E-state index >= 15 is 0 Å². The van der Waals surface area contributed by atoms with Crippen LogP contribution in [0.15, 0.2) is 0 Å². The van der Waals surface area contributed by atoms with E-state index in [2.05, 4.69) is 6.92 Å². The van der Waals surface area contributed by atoms with E-state index in [-0.39, 0.29) is 6.42 Å². The molecule has 3 nitrogen and oxygen atoms in total. The van der Waals surface area contributed by atoms with Gasteiger partial charge in [-0.15, -0.1) is 0 Å². The number of aliphatic carboxylic acids is 1. The summed E-state index contributed by atoms with van der Waals surface area (Å²) in [5, 5.41) is 18.3. The zero-order valence-corrected chi connectivity index (χ0v) is 7.42. The minimum atomic E-state index is -0.918. The Balaban J connectivity index is 2.44. The highest BCUT2D eigenvalue weighted by Crippen LogP contribution is 2.33. The molecule has 1 aliphatic rings.